The molecule has 186 valence electrons. The molecule has 0 aliphatic carbocycles. The van der Waals surface area contributed by atoms with Crippen molar-refractivity contribution < 1.29 is 8.83 Å². The zero-order chi connectivity index (χ0) is 26.2. The van der Waals surface area contributed by atoms with Gasteiger partial charge in [-0.05, 0) is 83.9 Å². The van der Waals surface area contributed by atoms with Gasteiger partial charge >= 0.3 is 0 Å². The van der Waals surface area contributed by atoms with Crippen molar-refractivity contribution in [2.24, 2.45) is 11.5 Å². The predicted octanol–water partition coefficient (Wildman–Crippen LogP) is 5.58. The summed E-state index contributed by atoms with van der Waals surface area (Å²) in [5.74, 6) is 0.773. The maximum absolute atomic E-state index is 7.34. The summed E-state index contributed by atoms with van der Waals surface area (Å²) in [4.78, 5) is 9.35. The van der Waals surface area contributed by atoms with Crippen LogP contribution in [0, 0.1) is 10.8 Å². The number of benzene rings is 4. The molecule has 0 spiro atoms. The number of rotatable bonds is 5. The molecule has 0 saturated carbocycles. The van der Waals surface area contributed by atoms with Gasteiger partial charge in [-0.1, -0.05) is 12.1 Å². The quantitative estimate of drug-likeness (QED) is 0.131. The molecule has 6 aromatic rings. The molecular formula is C28H22N8O2. The van der Waals surface area contributed by atoms with Gasteiger partial charge in [-0.3, -0.25) is 10.8 Å². The summed E-state index contributed by atoms with van der Waals surface area (Å²) in [6.07, 6.45) is 0. The largest absolute Gasteiger partial charge is 0.436 e. The lowest BCUT2D eigenvalue weighted by atomic mass is 10.0. The minimum atomic E-state index is -0.121. The molecule has 2 aromatic heterocycles. The first-order valence-corrected chi connectivity index (χ1v) is 11.7. The number of nitrogens with one attached hydrogen (secondary N) is 4. The molecule has 2 heterocycles. The molecule has 0 atom stereocenters. The summed E-state index contributed by atoms with van der Waals surface area (Å²) >= 11 is 0. The number of anilines is 2. The Kier molecular flexibility index (Phi) is 5.46. The van der Waals surface area contributed by atoms with Gasteiger partial charge in [0, 0.05) is 22.5 Å². The van der Waals surface area contributed by atoms with E-state index in [1.807, 2.05) is 84.9 Å². The average molecular weight is 503 g/mol. The molecule has 38 heavy (non-hydrogen) atoms. The Bertz CT molecular complexity index is 1680. The highest BCUT2D eigenvalue weighted by molar-refractivity contribution is 5.91. The molecule has 4 aromatic carbocycles. The third kappa shape index (κ3) is 4.49. The zero-order valence-corrected chi connectivity index (χ0v) is 19.9. The van der Waals surface area contributed by atoms with Crippen LogP contribution in [0.5, 0.6) is 0 Å². The Labute approximate surface area is 216 Å². The van der Waals surface area contributed by atoms with Gasteiger partial charge in [0.15, 0.2) is 23.1 Å². The molecule has 6 rings (SSSR count). The van der Waals surface area contributed by atoms with Crippen molar-refractivity contribution in [2.75, 3.05) is 10.6 Å². The van der Waals surface area contributed by atoms with Gasteiger partial charge in [0.1, 0.15) is 11.0 Å². The number of nitrogens with zero attached hydrogens (tertiary/aromatic N) is 2. The van der Waals surface area contributed by atoms with Gasteiger partial charge in [-0.25, -0.2) is 9.97 Å². The van der Waals surface area contributed by atoms with Gasteiger partial charge < -0.3 is 30.9 Å². The van der Waals surface area contributed by atoms with E-state index in [2.05, 4.69) is 20.6 Å². The molecular weight excluding hydrogens is 480 g/mol. The van der Waals surface area contributed by atoms with Crippen molar-refractivity contribution in [1.29, 1.82) is 10.8 Å². The van der Waals surface area contributed by atoms with Crippen LogP contribution in [0.1, 0.15) is 0 Å². The van der Waals surface area contributed by atoms with Crippen LogP contribution in [0.15, 0.2) is 93.8 Å². The van der Waals surface area contributed by atoms with Gasteiger partial charge in [0.2, 0.25) is 11.8 Å². The summed E-state index contributed by atoms with van der Waals surface area (Å²) in [5.41, 5.74) is 18.6. The molecule has 0 radical (unpaired) electrons. The van der Waals surface area contributed by atoms with E-state index in [0.29, 0.717) is 34.3 Å². The summed E-state index contributed by atoms with van der Waals surface area (Å²) in [6, 6.07) is 26.5. The second-order valence-corrected chi connectivity index (χ2v) is 8.64. The third-order valence-corrected chi connectivity index (χ3v) is 5.93. The molecule has 0 bridgehead atoms. The number of nitrogens with two attached hydrogens (primary N) is 2. The Balaban J connectivity index is 1.27. The van der Waals surface area contributed by atoms with Crippen molar-refractivity contribution in [3.63, 3.8) is 0 Å². The molecule has 10 nitrogen and oxygen atoms in total. The SMILES string of the molecule is N=C(N)Nc1ccc(-c2nc3cc(-c4ccc5oc(-c6ccc(NC(=N)N)cc6)nc5c4)ccc3o2)cc1. The maximum atomic E-state index is 7.34. The first-order chi connectivity index (χ1) is 18.4. The fraction of sp³-hybridized carbons (Fsp3) is 0. The van der Waals surface area contributed by atoms with Crippen LogP contribution < -0.4 is 22.1 Å². The van der Waals surface area contributed by atoms with E-state index in [0.717, 1.165) is 33.3 Å². The standard InChI is InChI=1S/C28H22N8O2/c29-27(30)33-19-7-1-15(2-8-19)25-35-21-13-17(5-11-23(21)37-25)18-6-12-24-22(14-18)36-26(38-24)16-3-9-20(10-4-16)34-28(31)32/h1-14H,(H4,29,30,33)(H4,31,32,34). The third-order valence-electron chi connectivity index (χ3n) is 5.93. The normalized spacial score (nSPS) is 11.1. The van der Waals surface area contributed by atoms with Crippen LogP contribution >= 0.6 is 0 Å². The molecule has 0 aliphatic heterocycles. The average Bonchev–Trinajstić information content (AvgIpc) is 3.52. The maximum Gasteiger partial charge on any atom is 0.227 e. The van der Waals surface area contributed by atoms with Gasteiger partial charge in [-0.2, -0.15) is 0 Å². The zero-order valence-electron chi connectivity index (χ0n) is 19.9. The predicted molar refractivity (Wildman–Crippen MR) is 149 cm³/mol. The van der Waals surface area contributed by atoms with E-state index >= 15 is 0 Å². The summed E-state index contributed by atoms with van der Waals surface area (Å²) < 4.78 is 11.9. The molecule has 8 N–H and O–H groups in total. The first-order valence-electron chi connectivity index (χ1n) is 11.7. The molecule has 0 unspecified atom stereocenters. The number of fused-ring (bicyclic) bond motifs is 2. The van der Waals surface area contributed by atoms with Crippen molar-refractivity contribution in [2.45, 2.75) is 0 Å². The number of aromatic nitrogens is 2. The molecule has 0 amide bonds. The van der Waals surface area contributed by atoms with Crippen molar-refractivity contribution in [3.8, 4) is 34.0 Å². The Morgan fingerprint density at radius 2 is 0.921 bits per heavy atom. The minimum Gasteiger partial charge on any atom is -0.436 e. The second kappa shape index (κ2) is 9.10. The van der Waals surface area contributed by atoms with Crippen LogP contribution in [0.2, 0.25) is 0 Å². The summed E-state index contributed by atoms with van der Waals surface area (Å²) in [5, 5.41) is 20.2. The van der Waals surface area contributed by atoms with Crippen molar-refractivity contribution in [1.82, 2.24) is 9.97 Å². The topological polar surface area (TPSA) is 176 Å². The van der Waals surface area contributed by atoms with E-state index in [4.69, 9.17) is 31.1 Å². The van der Waals surface area contributed by atoms with Crippen LogP contribution in [-0.4, -0.2) is 21.9 Å². The second-order valence-electron chi connectivity index (χ2n) is 8.64. The van der Waals surface area contributed by atoms with Gasteiger partial charge in [0.05, 0.1) is 0 Å². The number of hydrogen-bond donors (Lipinski definition) is 6. The van der Waals surface area contributed by atoms with Gasteiger partial charge in [-0.15, -0.1) is 0 Å². The highest BCUT2D eigenvalue weighted by Crippen LogP contribution is 2.32. The monoisotopic (exact) mass is 502 g/mol. The van der Waals surface area contributed by atoms with E-state index in [-0.39, 0.29) is 11.9 Å². The van der Waals surface area contributed by atoms with E-state index < -0.39 is 0 Å². The molecule has 10 heteroatoms. The highest BCUT2D eigenvalue weighted by Gasteiger charge is 2.13. The summed E-state index contributed by atoms with van der Waals surface area (Å²) in [7, 11) is 0. The Morgan fingerprint density at radius 3 is 1.29 bits per heavy atom. The fourth-order valence-corrected chi connectivity index (χ4v) is 4.16. The number of oxazole rings is 2. The van der Waals surface area contributed by atoms with Crippen LogP contribution in [0.3, 0.4) is 0 Å². The van der Waals surface area contributed by atoms with Crippen molar-refractivity contribution in [3.05, 3.63) is 84.9 Å². The molecule has 0 aliphatic rings. The van der Waals surface area contributed by atoms with Crippen molar-refractivity contribution >= 4 is 45.5 Å². The van der Waals surface area contributed by atoms with E-state index in [1.54, 1.807) is 0 Å². The van der Waals surface area contributed by atoms with E-state index in [9.17, 15) is 0 Å². The molecule has 0 fully saturated rings. The van der Waals surface area contributed by atoms with Crippen LogP contribution in [0.4, 0.5) is 11.4 Å². The van der Waals surface area contributed by atoms with Gasteiger partial charge in [0.25, 0.3) is 0 Å². The lowest BCUT2D eigenvalue weighted by Gasteiger charge is -2.03. The smallest absolute Gasteiger partial charge is 0.227 e. The lowest BCUT2D eigenvalue weighted by molar-refractivity contribution is 0.619. The van der Waals surface area contributed by atoms with E-state index in [1.165, 1.54) is 0 Å². The highest BCUT2D eigenvalue weighted by atomic mass is 16.4. The molecule has 0 saturated heterocycles. The first kappa shape index (κ1) is 22.8. The Morgan fingerprint density at radius 1 is 0.553 bits per heavy atom. The van der Waals surface area contributed by atoms with Crippen LogP contribution in [0.25, 0.3) is 56.2 Å². The number of hydrogen-bond acceptors (Lipinski definition) is 6. The fourth-order valence-electron chi connectivity index (χ4n) is 4.16. The number of guanidine groups is 2. The lowest BCUT2D eigenvalue weighted by Crippen LogP contribution is -2.20. The summed E-state index contributed by atoms with van der Waals surface area (Å²) in [6.45, 7) is 0. The minimum absolute atomic E-state index is 0.121. The van der Waals surface area contributed by atoms with Crippen LogP contribution in [-0.2, 0) is 0 Å². The Hall–Kier alpha value is -5.64.